The van der Waals surface area contributed by atoms with Crippen molar-refractivity contribution >= 4 is 17.7 Å². The first-order valence-electron chi connectivity index (χ1n) is 6.07. The number of benzene rings is 1. The average molecular weight is 293 g/mol. The smallest absolute Gasteiger partial charge is 0.316 e. The second kappa shape index (κ2) is 6.95. The molecule has 0 bridgehead atoms. The fraction of sp³-hybridized carbons (Fsp3) is 0.308. The zero-order chi connectivity index (χ0) is 14.4. The number of carbonyl (C=O) groups is 1. The molecular weight excluding hydrogens is 278 g/mol. The Morgan fingerprint density at radius 2 is 2.10 bits per heavy atom. The summed E-state index contributed by atoms with van der Waals surface area (Å²) in [4.78, 5) is 11.4. The minimum absolute atomic E-state index is 0.211. The van der Waals surface area contributed by atoms with E-state index in [0.29, 0.717) is 11.8 Å². The monoisotopic (exact) mass is 293 g/mol. The number of ether oxygens (including phenoxy) is 2. The molecule has 106 valence electrons. The van der Waals surface area contributed by atoms with Crippen molar-refractivity contribution in [1.82, 2.24) is 14.8 Å². The lowest BCUT2D eigenvalue weighted by atomic mass is 10.3. The second-order valence-electron chi connectivity index (χ2n) is 3.78. The van der Waals surface area contributed by atoms with Crippen LogP contribution in [0.1, 0.15) is 6.92 Å². The van der Waals surface area contributed by atoms with Gasteiger partial charge >= 0.3 is 5.97 Å². The molecule has 6 nitrogen and oxygen atoms in total. The van der Waals surface area contributed by atoms with Gasteiger partial charge in [-0.1, -0.05) is 11.8 Å². The van der Waals surface area contributed by atoms with Crippen molar-refractivity contribution in [3.63, 3.8) is 0 Å². The van der Waals surface area contributed by atoms with Gasteiger partial charge in [-0.15, -0.1) is 10.2 Å². The van der Waals surface area contributed by atoms with Crippen LogP contribution in [0.2, 0.25) is 0 Å². The van der Waals surface area contributed by atoms with Crippen LogP contribution in [0, 0.1) is 0 Å². The van der Waals surface area contributed by atoms with Crippen LogP contribution < -0.4 is 4.74 Å². The number of nitrogens with zero attached hydrogens (tertiary/aromatic N) is 3. The molecule has 7 heteroatoms. The minimum atomic E-state index is -0.262. The summed E-state index contributed by atoms with van der Waals surface area (Å²) in [6, 6.07) is 7.51. The van der Waals surface area contributed by atoms with E-state index in [4.69, 9.17) is 9.47 Å². The van der Waals surface area contributed by atoms with Crippen LogP contribution in [0.4, 0.5) is 0 Å². The Balaban J connectivity index is 2.09. The van der Waals surface area contributed by atoms with E-state index >= 15 is 0 Å². The van der Waals surface area contributed by atoms with Crippen molar-refractivity contribution in [3.05, 3.63) is 30.6 Å². The molecule has 1 aromatic carbocycles. The van der Waals surface area contributed by atoms with E-state index in [1.807, 2.05) is 28.8 Å². The Hall–Kier alpha value is -2.02. The summed E-state index contributed by atoms with van der Waals surface area (Å²) in [6.07, 6.45) is 1.61. The summed E-state index contributed by atoms with van der Waals surface area (Å²) in [5, 5.41) is 8.52. The van der Waals surface area contributed by atoms with Crippen LogP contribution in [0.25, 0.3) is 5.69 Å². The van der Waals surface area contributed by atoms with Gasteiger partial charge in [-0.2, -0.15) is 0 Å². The lowest BCUT2D eigenvalue weighted by Crippen LogP contribution is -2.07. The largest absolute Gasteiger partial charge is 0.497 e. The highest BCUT2D eigenvalue weighted by Gasteiger charge is 2.10. The van der Waals surface area contributed by atoms with Crippen molar-refractivity contribution in [2.24, 2.45) is 0 Å². The third-order valence-electron chi connectivity index (χ3n) is 2.49. The van der Waals surface area contributed by atoms with Gasteiger partial charge < -0.3 is 9.47 Å². The Morgan fingerprint density at radius 1 is 1.35 bits per heavy atom. The fourth-order valence-corrected chi connectivity index (χ4v) is 2.30. The predicted molar refractivity (Wildman–Crippen MR) is 75.3 cm³/mol. The standard InChI is InChI=1S/C13H15N3O3S/c1-3-19-12(17)8-20-13-15-14-9-16(13)10-4-6-11(18-2)7-5-10/h4-7,9H,3,8H2,1-2H3. The highest BCUT2D eigenvalue weighted by molar-refractivity contribution is 7.99. The summed E-state index contributed by atoms with van der Waals surface area (Å²) in [7, 11) is 1.62. The van der Waals surface area contributed by atoms with E-state index in [9.17, 15) is 4.79 Å². The Bertz CT molecular complexity index is 568. The van der Waals surface area contributed by atoms with Crippen LogP contribution in [0.5, 0.6) is 5.75 Å². The van der Waals surface area contributed by atoms with E-state index < -0.39 is 0 Å². The predicted octanol–water partition coefficient (Wildman–Crippen LogP) is 1.93. The zero-order valence-corrected chi connectivity index (χ0v) is 12.1. The number of aromatic nitrogens is 3. The number of esters is 1. The molecule has 2 aromatic rings. The third kappa shape index (κ3) is 3.51. The van der Waals surface area contributed by atoms with Gasteiger partial charge in [0.2, 0.25) is 0 Å². The maximum atomic E-state index is 11.4. The highest BCUT2D eigenvalue weighted by Crippen LogP contribution is 2.21. The van der Waals surface area contributed by atoms with Gasteiger partial charge in [-0.3, -0.25) is 9.36 Å². The van der Waals surface area contributed by atoms with Crippen LogP contribution in [-0.4, -0.2) is 40.2 Å². The Labute approximate surface area is 121 Å². The molecule has 0 saturated heterocycles. The fourth-order valence-electron chi connectivity index (χ4n) is 1.57. The normalized spacial score (nSPS) is 10.3. The molecule has 1 heterocycles. The quantitative estimate of drug-likeness (QED) is 0.599. The molecule has 0 aliphatic heterocycles. The van der Waals surface area contributed by atoms with Gasteiger partial charge in [0.1, 0.15) is 12.1 Å². The Kier molecular flexibility index (Phi) is 5.00. The number of hydrogen-bond acceptors (Lipinski definition) is 6. The summed E-state index contributed by atoms with van der Waals surface area (Å²) in [6.45, 7) is 2.16. The molecule has 20 heavy (non-hydrogen) atoms. The minimum Gasteiger partial charge on any atom is -0.497 e. The summed E-state index contributed by atoms with van der Waals surface area (Å²) >= 11 is 1.29. The molecular formula is C13H15N3O3S. The molecule has 0 saturated carbocycles. The molecule has 0 fully saturated rings. The topological polar surface area (TPSA) is 66.2 Å². The Morgan fingerprint density at radius 3 is 2.75 bits per heavy atom. The zero-order valence-electron chi connectivity index (χ0n) is 11.3. The van der Waals surface area contributed by atoms with Crippen molar-refractivity contribution in [1.29, 1.82) is 0 Å². The number of thioether (sulfide) groups is 1. The van der Waals surface area contributed by atoms with E-state index in [1.165, 1.54) is 11.8 Å². The first kappa shape index (κ1) is 14.4. The maximum absolute atomic E-state index is 11.4. The molecule has 0 N–H and O–H groups in total. The van der Waals surface area contributed by atoms with Gasteiger partial charge in [0.15, 0.2) is 5.16 Å². The van der Waals surface area contributed by atoms with E-state index in [1.54, 1.807) is 20.4 Å². The van der Waals surface area contributed by atoms with Crippen LogP contribution >= 0.6 is 11.8 Å². The van der Waals surface area contributed by atoms with Gasteiger partial charge in [-0.25, -0.2) is 0 Å². The third-order valence-corrected chi connectivity index (χ3v) is 3.41. The van der Waals surface area contributed by atoms with Crippen molar-refractivity contribution in [3.8, 4) is 11.4 Å². The molecule has 0 aliphatic rings. The molecule has 0 radical (unpaired) electrons. The SMILES string of the molecule is CCOC(=O)CSc1nncn1-c1ccc(OC)cc1. The lowest BCUT2D eigenvalue weighted by Gasteiger charge is -2.07. The van der Waals surface area contributed by atoms with Crippen LogP contribution in [0.15, 0.2) is 35.7 Å². The first-order valence-corrected chi connectivity index (χ1v) is 7.06. The second-order valence-corrected chi connectivity index (χ2v) is 4.72. The summed E-state index contributed by atoms with van der Waals surface area (Å²) < 4.78 is 11.8. The van der Waals surface area contributed by atoms with Gasteiger partial charge in [0.05, 0.1) is 19.5 Å². The maximum Gasteiger partial charge on any atom is 0.316 e. The molecule has 0 atom stereocenters. The molecule has 0 spiro atoms. The number of hydrogen-bond donors (Lipinski definition) is 0. The van der Waals surface area contributed by atoms with E-state index in [-0.39, 0.29) is 11.7 Å². The molecule has 0 amide bonds. The number of methoxy groups -OCH3 is 1. The number of rotatable bonds is 6. The summed E-state index contributed by atoms with van der Waals surface area (Å²) in [5.41, 5.74) is 0.905. The van der Waals surface area contributed by atoms with E-state index in [0.717, 1.165) is 11.4 Å². The average Bonchev–Trinajstić information content (AvgIpc) is 2.94. The first-order chi connectivity index (χ1) is 9.74. The molecule has 2 rings (SSSR count). The van der Waals surface area contributed by atoms with E-state index in [2.05, 4.69) is 10.2 Å². The number of carbonyl (C=O) groups excluding carboxylic acids is 1. The van der Waals surface area contributed by atoms with Gasteiger partial charge in [-0.05, 0) is 31.2 Å². The highest BCUT2D eigenvalue weighted by atomic mass is 32.2. The van der Waals surface area contributed by atoms with Crippen molar-refractivity contribution in [2.45, 2.75) is 12.1 Å². The van der Waals surface area contributed by atoms with Crippen LogP contribution in [0.3, 0.4) is 0 Å². The molecule has 0 unspecified atom stereocenters. The van der Waals surface area contributed by atoms with Crippen molar-refractivity contribution in [2.75, 3.05) is 19.5 Å². The molecule has 0 aliphatic carbocycles. The summed E-state index contributed by atoms with van der Waals surface area (Å²) in [5.74, 6) is 0.729. The van der Waals surface area contributed by atoms with Gasteiger partial charge in [0, 0.05) is 5.69 Å². The van der Waals surface area contributed by atoms with Crippen LogP contribution in [-0.2, 0) is 9.53 Å². The van der Waals surface area contributed by atoms with Gasteiger partial charge in [0.25, 0.3) is 0 Å². The van der Waals surface area contributed by atoms with Crippen molar-refractivity contribution < 1.29 is 14.3 Å². The molecule has 1 aromatic heterocycles. The lowest BCUT2D eigenvalue weighted by molar-refractivity contribution is -0.139.